The van der Waals surface area contributed by atoms with Crippen LogP contribution in [0.15, 0.2) is 36.7 Å². The third-order valence-electron chi connectivity index (χ3n) is 3.59. The molecule has 0 saturated heterocycles. The number of anilines is 2. The lowest BCUT2D eigenvalue weighted by molar-refractivity contribution is 1.11. The van der Waals surface area contributed by atoms with E-state index in [4.69, 9.17) is 11.5 Å². The van der Waals surface area contributed by atoms with Crippen LogP contribution in [0, 0.1) is 6.92 Å². The maximum atomic E-state index is 6.05. The van der Waals surface area contributed by atoms with Crippen LogP contribution in [0.3, 0.4) is 0 Å². The van der Waals surface area contributed by atoms with Crippen molar-refractivity contribution in [2.75, 3.05) is 11.5 Å². The number of hydrogen-bond donors (Lipinski definition) is 2. The number of nitrogens with zero attached hydrogens (tertiary/aromatic N) is 5. The van der Waals surface area contributed by atoms with E-state index < -0.39 is 0 Å². The Hall–Kier alpha value is -3.22. The Balaban J connectivity index is 2.23. The number of nitrogen functional groups attached to an aromatic ring is 2. The molecule has 0 amide bonds. The van der Waals surface area contributed by atoms with Gasteiger partial charge in [-0.2, -0.15) is 0 Å². The second-order valence-corrected chi connectivity index (χ2v) is 5.02. The lowest BCUT2D eigenvalue weighted by Gasteiger charge is -2.02. The second-order valence-electron chi connectivity index (χ2n) is 5.02. The van der Waals surface area contributed by atoms with Gasteiger partial charge < -0.3 is 11.5 Å². The highest BCUT2D eigenvalue weighted by Crippen LogP contribution is 2.34. The van der Waals surface area contributed by atoms with Crippen LogP contribution in [0.4, 0.5) is 11.9 Å². The molecule has 0 saturated carbocycles. The largest absolute Gasteiger partial charge is 0.369 e. The molecule has 0 fully saturated rings. The summed E-state index contributed by atoms with van der Waals surface area (Å²) in [7, 11) is 0. The highest BCUT2D eigenvalue weighted by molar-refractivity contribution is 6.04. The van der Waals surface area contributed by atoms with E-state index in [0.29, 0.717) is 5.95 Å². The van der Waals surface area contributed by atoms with Crippen LogP contribution in [0.25, 0.3) is 27.8 Å². The minimum Gasteiger partial charge on any atom is -0.369 e. The molecule has 0 atom stereocenters. The molecule has 0 aliphatic carbocycles. The smallest absolute Gasteiger partial charge is 0.220 e. The van der Waals surface area contributed by atoms with Gasteiger partial charge >= 0.3 is 0 Å². The van der Waals surface area contributed by atoms with E-state index in [9.17, 15) is 0 Å². The standard InChI is InChI=1S/C15H13N7/c1-8-2-3-9-12(10-4-6-18-14(16)21-10)11-5-7-19-15(17)22(11)13(9)20-8/h2-7H,1H3,(H2,17,19)(H2,16,18,21). The average Bonchev–Trinajstić information content (AvgIpc) is 2.82. The van der Waals surface area contributed by atoms with Crippen LogP contribution in [0.2, 0.25) is 0 Å². The molecule has 0 aromatic carbocycles. The summed E-state index contributed by atoms with van der Waals surface area (Å²) in [5.74, 6) is 0.612. The van der Waals surface area contributed by atoms with Gasteiger partial charge in [0, 0.05) is 29.0 Å². The number of rotatable bonds is 1. The summed E-state index contributed by atoms with van der Waals surface area (Å²) >= 11 is 0. The first kappa shape index (κ1) is 12.5. The predicted octanol–water partition coefficient (Wildman–Crippen LogP) is 1.81. The van der Waals surface area contributed by atoms with Crippen LogP contribution in [0.5, 0.6) is 0 Å². The van der Waals surface area contributed by atoms with E-state index in [-0.39, 0.29) is 5.95 Å². The van der Waals surface area contributed by atoms with Crippen LogP contribution < -0.4 is 11.5 Å². The monoisotopic (exact) mass is 291 g/mol. The van der Waals surface area contributed by atoms with Crippen LogP contribution >= 0.6 is 0 Å². The Morgan fingerprint density at radius 2 is 1.77 bits per heavy atom. The van der Waals surface area contributed by atoms with Crippen molar-refractivity contribution in [3.05, 3.63) is 42.4 Å². The van der Waals surface area contributed by atoms with E-state index in [1.165, 1.54) is 0 Å². The first-order chi connectivity index (χ1) is 10.6. The Morgan fingerprint density at radius 3 is 2.59 bits per heavy atom. The van der Waals surface area contributed by atoms with Crippen LogP contribution in [0.1, 0.15) is 5.69 Å². The maximum Gasteiger partial charge on any atom is 0.220 e. The summed E-state index contributed by atoms with van der Waals surface area (Å²) < 4.78 is 1.83. The lowest BCUT2D eigenvalue weighted by atomic mass is 10.1. The minimum atomic E-state index is 0.229. The SMILES string of the molecule is Cc1ccc2c(-c3ccnc(N)n3)c3ccnc(N)n3c2n1. The first-order valence-electron chi connectivity index (χ1n) is 6.76. The van der Waals surface area contributed by atoms with Gasteiger partial charge in [-0.25, -0.2) is 19.9 Å². The molecule has 0 aliphatic rings. The number of pyridine rings is 1. The highest BCUT2D eigenvalue weighted by atomic mass is 15.1. The van der Waals surface area contributed by atoms with Crippen molar-refractivity contribution in [3.63, 3.8) is 0 Å². The molecular formula is C15H13N7. The Kier molecular flexibility index (Phi) is 2.50. The molecule has 4 N–H and O–H groups in total. The van der Waals surface area contributed by atoms with E-state index in [1.807, 2.05) is 35.6 Å². The Labute approximate surface area is 125 Å². The fraction of sp³-hybridized carbons (Fsp3) is 0.0667. The van der Waals surface area contributed by atoms with Gasteiger partial charge in [-0.05, 0) is 31.2 Å². The predicted molar refractivity (Wildman–Crippen MR) is 85.1 cm³/mol. The van der Waals surface area contributed by atoms with Crippen molar-refractivity contribution in [1.29, 1.82) is 0 Å². The maximum absolute atomic E-state index is 6.05. The zero-order valence-corrected chi connectivity index (χ0v) is 11.9. The zero-order chi connectivity index (χ0) is 15.3. The Bertz CT molecular complexity index is 1020. The summed E-state index contributed by atoms with van der Waals surface area (Å²) in [5.41, 5.74) is 16.0. The van der Waals surface area contributed by atoms with Crippen LogP contribution in [-0.2, 0) is 0 Å². The molecule has 4 heterocycles. The summed E-state index contributed by atoms with van der Waals surface area (Å²) in [6.07, 6.45) is 3.31. The van der Waals surface area contributed by atoms with Crippen molar-refractivity contribution in [2.45, 2.75) is 6.92 Å². The van der Waals surface area contributed by atoms with Crippen molar-refractivity contribution in [3.8, 4) is 11.3 Å². The normalized spacial score (nSPS) is 11.3. The minimum absolute atomic E-state index is 0.229. The first-order valence-corrected chi connectivity index (χ1v) is 6.76. The van der Waals surface area contributed by atoms with Crippen molar-refractivity contribution in [1.82, 2.24) is 24.3 Å². The number of aryl methyl sites for hydroxylation is 1. The molecular weight excluding hydrogens is 278 g/mol. The highest BCUT2D eigenvalue weighted by Gasteiger charge is 2.17. The van der Waals surface area contributed by atoms with E-state index in [0.717, 1.165) is 33.5 Å². The average molecular weight is 291 g/mol. The summed E-state index contributed by atoms with van der Waals surface area (Å²) in [4.78, 5) is 17.0. The van der Waals surface area contributed by atoms with Gasteiger partial charge in [-0.1, -0.05) is 0 Å². The van der Waals surface area contributed by atoms with E-state index >= 15 is 0 Å². The molecule has 4 aromatic heterocycles. The number of fused-ring (bicyclic) bond motifs is 3. The van der Waals surface area contributed by atoms with Gasteiger partial charge in [0.1, 0.15) is 5.65 Å². The van der Waals surface area contributed by atoms with Gasteiger partial charge in [0.2, 0.25) is 11.9 Å². The number of aromatic nitrogens is 5. The molecule has 0 spiro atoms. The topological polar surface area (TPSA) is 108 Å². The zero-order valence-electron chi connectivity index (χ0n) is 11.9. The molecule has 4 aromatic rings. The van der Waals surface area contributed by atoms with Gasteiger partial charge in [0.05, 0.1) is 11.2 Å². The molecule has 0 unspecified atom stereocenters. The molecule has 108 valence electrons. The summed E-state index contributed by atoms with van der Waals surface area (Å²) in [6.45, 7) is 1.94. The van der Waals surface area contributed by atoms with Gasteiger partial charge in [-0.15, -0.1) is 0 Å². The molecule has 0 bridgehead atoms. The van der Waals surface area contributed by atoms with E-state index in [2.05, 4.69) is 19.9 Å². The summed E-state index contributed by atoms with van der Waals surface area (Å²) in [5, 5.41) is 0.948. The molecule has 7 heteroatoms. The second kappa shape index (κ2) is 4.39. The van der Waals surface area contributed by atoms with Gasteiger partial charge in [0.15, 0.2) is 0 Å². The fourth-order valence-corrected chi connectivity index (χ4v) is 2.69. The lowest BCUT2D eigenvalue weighted by Crippen LogP contribution is -2.00. The van der Waals surface area contributed by atoms with Crippen molar-refractivity contribution in [2.24, 2.45) is 0 Å². The quantitative estimate of drug-likeness (QED) is 0.553. The molecule has 0 aliphatic heterocycles. The van der Waals surface area contributed by atoms with Crippen LogP contribution in [-0.4, -0.2) is 24.3 Å². The van der Waals surface area contributed by atoms with Crippen molar-refractivity contribution < 1.29 is 0 Å². The molecule has 7 nitrogen and oxygen atoms in total. The Morgan fingerprint density at radius 1 is 0.955 bits per heavy atom. The third-order valence-corrected chi connectivity index (χ3v) is 3.59. The van der Waals surface area contributed by atoms with Crippen molar-refractivity contribution >= 4 is 28.4 Å². The summed E-state index contributed by atoms with van der Waals surface area (Å²) in [6, 6.07) is 7.68. The van der Waals surface area contributed by atoms with Gasteiger partial charge in [-0.3, -0.25) is 4.40 Å². The fourth-order valence-electron chi connectivity index (χ4n) is 2.69. The van der Waals surface area contributed by atoms with Gasteiger partial charge in [0.25, 0.3) is 0 Å². The third kappa shape index (κ3) is 1.69. The number of hydrogen-bond acceptors (Lipinski definition) is 6. The molecule has 4 rings (SSSR count). The van der Waals surface area contributed by atoms with E-state index in [1.54, 1.807) is 12.4 Å². The number of nitrogens with two attached hydrogens (primary N) is 2. The molecule has 22 heavy (non-hydrogen) atoms. The molecule has 0 radical (unpaired) electrons.